The van der Waals surface area contributed by atoms with Gasteiger partial charge in [0.2, 0.25) is 5.36 Å². The molecule has 0 spiro atoms. The van der Waals surface area contributed by atoms with Gasteiger partial charge in [-0.05, 0) is 24.3 Å². The summed E-state index contributed by atoms with van der Waals surface area (Å²) in [5.41, 5.74) is 3.23. The third-order valence-electron chi connectivity index (χ3n) is 3.17. The Kier molecular flexibility index (Phi) is 6.13. The number of hydrogen-bond donors (Lipinski definition) is 1. The first kappa shape index (κ1) is 17.9. The highest BCUT2D eigenvalue weighted by atomic mass is 79.9. The number of rotatable bonds is 1. The van der Waals surface area contributed by atoms with Gasteiger partial charge in [-0.3, -0.25) is 0 Å². The molecule has 6 heteroatoms. The minimum atomic E-state index is 0. The second kappa shape index (κ2) is 7.20. The van der Waals surface area contributed by atoms with E-state index in [4.69, 9.17) is 4.98 Å². The van der Waals surface area contributed by atoms with E-state index >= 15 is 0 Å². The summed E-state index contributed by atoms with van der Waals surface area (Å²) in [7, 11) is 6.04. The normalized spacial score (nSPS) is 9.86. The van der Waals surface area contributed by atoms with E-state index in [9.17, 15) is 0 Å². The van der Waals surface area contributed by atoms with Crippen molar-refractivity contribution >= 4 is 27.2 Å². The molecule has 1 N–H and O–H groups in total. The lowest BCUT2D eigenvalue weighted by molar-refractivity contribution is -0.00100. The van der Waals surface area contributed by atoms with Crippen molar-refractivity contribution in [3.8, 4) is 10.6 Å². The third-order valence-corrected chi connectivity index (χ3v) is 4.26. The van der Waals surface area contributed by atoms with Crippen LogP contribution in [0.25, 0.3) is 20.8 Å². The molecule has 0 saturated heterocycles. The molecule has 0 unspecified atom stereocenters. The highest BCUT2D eigenvalue weighted by molar-refractivity contribution is 7.21. The Hall–Kier alpha value is -1.17. The van der Waals surface area contributed by atoms with Gasteiger partial charge < -0.3 is 34.7 Å². The van der Waals surface area contributed by atoms with Crippen molar-refractivity contribution in [3.05, 3.63) is 41.8 Å². The highest BCUT2D eigenvalue weighted by Crippen LogP contribution is 2.30. The summed E-state index contributed by atoms with van der Waals surface area (Å²) in [6.07, 6.45) is 0. The van der Waals surface area contributed by atoms with Gasteiger partial charge in [-0.25, -0.2) is 9.56 Å². The second-order valence-electron chi connectivity index (χ2n) is 4.69. The molecule has 1 aliphatic carbocycles. The van der Waals surface area contributed by atoms with Gasteiger partial charge in [0.25, 0.3) is 0 Å². The Morgan fingerprint density at radius 1 is 1.10 bits per heavy atom. The molecular weight excluding hydrogens is 370 g/mol. The quantitative estimate of drug-likeness (QED) is 0.348. The summed E-state index contributed by atoms with van der Waals surface area (Å²) < 4.78 is 3.32. The molecule has 1 heterocycles. The van der Waals surface area contributed by atoms with Gasteiger partial charge in [-0.2, -0.15) is 0 Å². The minimum Gasteiger partial charge on any atom is -1.00 e. The van der Waals surface area contributed by atoms with Gasteiger partial charge in [0.05, 0.1) is 20.8 Å². The number of benzene rings is 2. The summed E-state index contributed by atoms with van der Waals surface area (Å²) in [5.74, 6) is 0. The van der Waals surface area contributed by atoms with Crippen molar-refractivity contribution in [2.45, 2.75) is 0 Å². The van der Waals surface area contributed by atoms with Crippen LogP contribution in [0, 0.1) is 0 Å². The molecule has 3 rings (SSSR count). The van der Waals surface area contributed by atoms with Crippen LogP contribution in [0.1, 0.15) is 0 Å². The first-order valence-corrected chi connectivity index (χ1v) is 7.02. The average Bonchev–Trinajstić information content (AvgIpc) is 2.43. The molecule has 0 atom stereocenters. The zero-order chi connectivity index (χ0) is 13.4. The van der Waals surface area contributed by atoms with Crippen LogP contribution in [0.3, 0.4) is 0 Å². The fraction of sp³-hybridized carbons (Fsp3) is 0.200. The molecule has 0 amide bonds. The molecule has 21 heavy (non-hydrogen) atoms. The molecule has 3 nitrogen and oxygen atoms in total. The van der Waals surface area contributed by atoms with Gasteiger partial charge in [0.1, 0.15) is 14.1 Å². The van der Waals surface area contributed by atoms with E-state index in [1.54, 1.807) is 11.3 Å². The number of nitrogens with one attached hydrogen (secondary N) is 1. The molecule has 1 aromatic carbocycles. The predicted molar refractivity (Wildman–Crippen MR) is 82.9 cm³/mol. The largest absolute Gasteiger partial charge is 1.00 e. The maximum absolute atomic E-state index is 4.72. The van der Waals surface area contributed by atoms with Gasteiger partial charge >= 0.3 is 0 Å². The number of halogens is 2. The molecule has 0 bridgehead atoms. The number of fused-ring (bicyclic) bond motifs is 2. The molecule has 0 aromatic heterocycles. The average molecular weight is 386 g/mol. The topological polar surface area (TPSA) is 27.9 Å². The predicted octanol–water partition coefficient (Wildman–Crippen LogP) is -3.52. The zero-order valence-electron chi connectivity index (χ0n) is 12.0. The first-order valence-electron chi connectivity index (χ1n) is 6.20. The maximum atomic E-state index is 4.72. The number of anilines is 1. The number of aromatic nitrogens is 1. The van der Waals surface area contributed by atoms with Gasteiger partial charge in [0.15, 0.2) is 0 Å². The zero-order valence-corrected chi connectivity index (χ0v) is 15.2. The Morgan fingerprint density at radius 3 is 2.52 bits per heavy atom. The monoisotopic (exact) mass is 384 g/mol. The van der Waals surface area contributed by atoms with Crippen LogP contribution >= 0.6 is 11.3 Å². The SMILES string of the molecule is CNc1ccc2nc3ccc(=[N+](C)C)cc-3sc2c1.[Br-].[Cl-]. The summed E-state index contributed by atoms with van der Waals surface area (Å²) in [5, 5.41) is 4.37. The second-order valence-corrected chi connectivity index (χ2v) is 5.78. The Labute approximate surface area is 144 Å². The van der Waals surface area contributed by atoms with Crippen LogP contribution in [0.5, 0.6) is 0 Å². The fourth-order valence-electron chi connectivity index (χ4n) is 2.05. The van der Waals surface area contributed by atoms with Crippen LogP contribution < -0.4 is 44.6 Å². The molecule has 0 radical (unpaired) electrons. The first-order chi connectivity index (χ1) is 9.17. The number of hydrogen-bond acceptors (Lipinski definition) is 3. The maximum Gasteiger partial charge on any atom is 0.201 e. The lowest BCUT2D eigenvalue weighted by atomic mass is 10.2. The van der Waals surface area contributed by atoms with Gasteiger partial charge in [-0.15, -0.1) is 11.3 Å². The van der Waals surface area contributed by atoms with Crippen molar-refractivity contribution < 1.29 is 29.4 Å². The smallest absolute Gasteiger partial charge is 0.201 e. The van der Waals surface area contributed by atoms with Crippen LogP contribution in [-0.4, -0.2) is 26.1 Å². The molecule has 1 aromatic rings. The molecule has 112 valence electrons. The van der Waals surface area contributed by atoms with Crippen molar-refractivity contribution in [2.75, 3.05) is 26.5 Å². The van der Waals surface area contributed by atoms with Crippen LogP contribution in [0.2, 0.25) is 0 Å². The number of nitrogens with zero attached hydrogens (tertiary/aromatic N) is 2. The van der Waals surface area contributed by atoms with Crippen molar-refractivity contribution in [1.82, 2.24) is 9.56 Å². The van der Waals surface area contributed by atoms with Crippen LogP contribution in [-0.2, 0) is 0 Å². The van der Waals surface area contributed by atoms with Crippen LogP contribution in [0.15, 0.2) is 36.4 Å². The molecule has 0 saturated carbocycles. The molecule has 0 fully saturated rings. The van der Waals surface area contributed by atoms with E-state index in [0.29, 0.717) is 0 Å². The third kappa shape index (κ3) is 3.54. The summed E-state index contributed by atoms with van der Waals surface area (Å²) in [6.45, 7) is 0. The van der Waals surface area contributed by atoms with Crippen LogP contribution in [0.4, 0.5) is 5.69 Å². The summed E-state index contributed by atoms with van der Waals surface area (Å²) in [6, 6.07) is 12.7. The lowest BCUT2D eigenvalue weighted by Crippen LogP contribution is -3.00. The van der Waals surface area contributed by atoms with Crippen molar-refractivity contribution in [2.24, 2.45) is 0 Å². The van der Waals surface area contributed by atoms with E-state index in [1.165, 1.54) is 14.9 Å². The van der Waals surface area contributed by atoms with Gasteiger partial charge in [-0.1, -0.05) is 0 Å². The summed E-state index contributed by atoms with van der Waals surface area (Å²) in [4.78, 5) is 5.93. The lowest BCUT2D eigenvalue weighted by Gasteiger charge is -2.07. The molecular formula is C15H16BrClN3S-. The van der Waals surface area contributed by atoms with Crippen molar-refractivity contribution in [3.63, 3.8) is 0 Å². The molecule has 2 aliphatic rings. The molecule has 1 aliphatic heterocycles. The van der Waals surface area contributed by atoms with Gasteiger partial charge in [0, 0.05) is 24.9 Å². The Bertz CT molecular complexity index is 796. The minimum absolute atomic E-state index is 0. The van der Waals surface area contributed by atoms with E-state index in [1.807, 2.05) is 7.05 Å². The Morgan fingerprint density at radius 2 is 1.86 bits per heavy atom. The fourth-order valence-corrected chi connectivity index (χ4v) is 3.09. The highest BCUT2D eigenvalue weighted by Gasteiger charge is 2.08. The standard InChI is InChI=1S/C15H15N3S.BrH.ClH/c1-16-10-4-6-12-14(8-10)19-15-9-11(18(2)3)5-7-13(15)17-12;;/h4-9H,1-3H3;2*1H/p-1. The van der Waals surface area contributed by atoms with E-state index in [-0.39, 0.29) is 29.4 Å². The Balaban J connectivity index is 0.00000110. The van der Waals surface area contributed by atoms with E-state index in [0.717, 1.165) is 16.9 Å². The van der Waals surface area contributed by atoms with Crippen molar-refractivity contribution in [1.29, 1.82) is 0 Å². The van der Waals surface area contributed by atoms with E-state index in [2.05, 4.69) is 60.4 Å². The van der Waals surface area contributed by atoms with E-state index < -0.39 is 0 Å². The summed E-state index contributed by atoms with van der Waals surface area (Å²) >= 11 is 1.78.